The molecule has 1 amide bonds. The van der Waals surface area contributed by atoms with E-state index in [2.05, 4.69) is 10.3 Å². The molecule has 20 heavy (non-hydrogen) atoms. The molecule has 0 aliphatic rings. The van der Waals surface area contributed by atoms with Crippen LogP contribution in [0, 0.1) is 6.92 Å². The van der Waals surface area contributed by atoms with Gasteiger partial charge in [-0.1, -0.05) is 29.3 Å². The van der Waals surface area contributed by atoms with E-state index in [0.29, 0.717) is 12.1 Å². The molecule has 0 aliphatic carbocycles. The number of nitrogen functional groups attached to an aromatic ring is 1. The molecule has 1 heterocycles. The van der Waals surface area contributed by atoms with E-state index in [9.17, 15) is 4.79 Å². The zero-order valence-corrected chi connectivity index (χ0v) is 12.3. The smallest absolute Gasteiger partial charge is 0.251 e. The summed E-state index contributed by atoms with van der Waals surface area (Å²) in [4.78, 5) is 16.3. The summed E-state index contributed by atoms with van der Waals surface area (Å²) in [6.07, 6.45) is 0. The highest BCUT2D eigenvalue weighted by Crippen LogP contribution is 2.28. The molecule has 0 atom stereocenters. The summed E-state index contributed by atoms with van der Waals surface area (Å²) in [6, 6.07) is 8.60. The number of aromatic nitrogens is 1. The van der Waals surface area contributed by atoms with Gasteiger partial charge in [0.1, 0.15) is 0 Å². The van der Waals surface area contributed by atoms with Crippen LogP contribution in [0.25, 0.3) is 0 Å². The van der Waals surface area contributed by atoms with E-state index in [1.54, 1.807) is 0 Å². The number of hydrogen-bond acceptors (Lipinski definition) is 3. The largest absolute Gasteiger partial charge is 0.396 e. The van der Waals surface area contributed by atoms with Crippen molar-refractivity contribution >= 4 is 34.8 Å². The molecule has 104 valence electrons. The monoisotopic (exact) mass is 309 g/mol. The number of rotatable bonds is 3. The van der Waals surface area contributed by atoms with Crippen LogP contribution < -0.4 is 11.1 Å². The molecule has 0 fully saturated rings. The van der Waals surface area contributed by atoms with Gasteiger partial charge in [-0.15, -0.1) is 0 Å². The van der Waals surface area contributed by atoms with Gasteiger partial charge in [-0.2, -0.15) is 0 Å². The minimum Gasteiger partial charge on any atom is -0.396 e. The fourth-order valence-electron chi connectivity index (χ4n) is 1.69. The van der Waals surface area contributed by atoms with E-state index in [4.69, 9.17) is 28.9 Å². The third-order valence-corrected chi connectivity index (χ3v) is 3.34. The highest BCUT2D eigenvalue weighted by atomic mass is 35.5. The fourth-order valence-corrected chi connectivity index (χ4v) is 2.17. The number of nitrogens with zero attached hydrogens (tertiary/aromatic N) is 1. The Morgan fingerprint density at radius 3 is 2.55 bits per heavy atom. The van der Waals surface area contributed by atoms with Crippen LogP contribution in [0.1, 0.15) is 21.7 Å². The number of pyridine rings is 1. The first-order chi connectivity index (χ1) is 9.47. The molecule has 0 radical (unpaired) electrons. The minimum absolute atomic E-state index is 0.260. The zero-order valence-electron chi connectivity index (χ0n) is 10.8. The molecule has 2 rings (SSSR count). The molecule has 6 heteroatoms. The molecule has 0 saturated carbocycles. The van der Waals surface area contributed by atoms with Crippen LogP contribution in [0.15, 0.2) is 30.3 Å². The van der Waals surface area contributed by atoms with Gasteiger partial charge in [0.15, 0.2) is 0 Å². The van der Waals surface area contributed by atoms with Crippen molar-refractivity contribution in [2.45, 2.75) is 13.5 Å². The quantitative estimate of drug-likeness (QED) is 0.855. The first-order valence-corrected chi connectivity index (χ1v) is 6.68. The number of anilines is 1. The van der Waals surface area contributed by atoms with E-state index >= 15 is 0 Å². The molecule has 3 N–H and O–H groups in total. The number of hydrogen-bond donors (Lipinski definition) is 2. The number of amides is 1. The van der Waals surface area contributed by atoms with Gasteiger partial charge < -0.3 is 11.1 Å². The number of aryl methyl sites for hydroxylation is 1. The van der Waals surface area contributed by atoms with Gasteiger partial charge in [0.25, 0.3) is 5.91 Å². The molecular weight excluding hydrogens is 297 g/mol. The second kappa shape index (κ2) is 6.11. The molecule has 1 aromatic carbocycles. The van der Waals surface area contributed by atoms with E-state index in [1.165, 1.54) is 12.1 Å². The van der Waals surface area contributed by atoms with Crippen LogP contribution in [-0.2, 0) is 6.54 Å². The van der Waals surface area contributed by atoms with Crippen molar-refractivity contribution in [1.29, 1.82) is 0 Å². The highest BCUT2D eigenvalue weighted by molar-refractivity contribution is 6.39. The van der Waals surface area contributed by atoms with Crippen molar-refractivity contribution < 1.29 is 4.79 Å². The average Bonchev–Trinajstić information content (AvgIpc) is 2.41. The predicted molar refractivity (Wildman–Crippen MR) is 81.0 cm³/mol. The molecule has 2 aromatic rings. The second-order valence-corrected chi connectivity index (χ2v) is 5.12. The van der Waals surface area contributed by atoms with E-state index in [1.807, 2.05) is 25.1 Å². The normalized spacial score (nSPS) is 10.3. The molecule has 0 unspecified atom stereocenters. The van der Waals surface area contributed by atoms with Crippen molar-refractivity contribution in [3.63, 3.8) is 0 Å². The minimum atomic E-state index is -0.280. The van der Waals surface area contributed by atoms with Gasteiger partial charge in [-0.25, -0.2) is 0 Å². The number of nitrogens with one attached hydrogen (secondary N) is 1. The summed E-state index contributed by atoms with van der Waals surface area (Å²) in [6.45, 7) is 2.23. The zero-order chi connectivity index (χ0) is 14.7. The van der Waals surface area contributed by atoms with Crippen molar-refractivity contribution in [1.82, 2.24) is 10.3 Å². The first-order valence-electron chi connectivity index (χ1n) is 5.92. The number of carbonyl (C=O) groups is 1. The van der Waals surface area contributed by atoms with E-state index < -0.39 is 0 Å². The number of carbonyl (C=O) groups excluding carboxylic acids is 1. The van der Waals surface area contributed by atoms with Crippen LogP contribution in [0.2, 0.25) is 10.0 Å². The Hall–Kier alpha value is -1.78. The third-order valence-electron chi connectivity index (χ3n) is 2.72. The Labute approximate surface area is 126 Å². The molecule has 0 saturated heterocycles. The van der Waals surface area contributed by atoms with Crippen molar-refractivity contribution in [3.8, 4) is 0 Å². The van der Waals surface area contributed by atoms with Gasteiger partial charge in [0, 0.05) is 11.3 Å². The van der Waals surface area contributed by atoms with Crippen LogP contribution >= 0.6 is 23.2 Å². The second-order valence-electron chi connectivity index (χ2n) is 4.31. The SMILES string of the molecule is Cc1cccc(CNC(=O)c2cc(Cl)c(N)c(Cl)c2)n1. The lowest BCUT2D eigenvalue weighted by Gasteiger charge is -2.08. The van der Waals surface area contributed by atoms with Gasteiger partial charge in [0.2, 0.25) is 0 Å². The summed E-state index contributed by atoms with van der Waals surface area (Å²) in [7, 11) is 0. The lowest BCUT2D eigenvalue weighted by Crippen LogP contribution is -2.23. The van der Waals surface area contributed by atoms with Crippen LogP contribution in [0.5, 0.6) is 0 Å². The standard InChI is InChI=1S/C14H13Cl2N3O/c1-8-3-2-4-10(19-8)7-18-14(20)9-5-11(15)13(17)12(16)6-9/h2-6H,7,17H2,1H3,(H,18,20). The maximum atomic E-state index is 12.0. The molecule has 0 aliphatic heterocycles. The Balaban J connectivity index is 2.09. The number of benzene rings is 1. The van der Waals surface area contributed by atoms with E-state index in [-0.39, 0.29) is 21.6 Å². The maximum absolute atomic E-state index is 12.0. The van der Waals surface area contributed by atoms with Crippen LogP contribution in [-0.4, -0.2) is 10.9 Å². The van der Waals surface area contributed by atoms with Gasteiger partial charge in [0.05, 0.1) is 28.0 Å². The topological polar surface area (TPSA) is 68.0 Å². The highest BCUT2D eigenvalue weighted by Gasteiger charge is 2.11. The first kappa shape index (κ1) is 14.6. The molecule has 0 spiro atoms. The Kier molecular flexibility index (Phi) is 4.47. The van der Waals surface area contributed by atoms with Gasteiger partial charge >= 0.3 is 0 Å². The Morgan fingerprint density at radius 1 is 1.30 bits per heavy atom. The molecular formula is C14H13Cl2N3O. The van der Waals surface area contributed by atoms with Crippen molar-refractivity contribution in [2.75, 3.05) is 5.73 Å². The van der Waals surface area contributed by atoms with Gasteiger partial charge in [-0.05, 0) is 31.2 Å². The van der Waals surface area contributed by atoms with Crippen LogP contribution in [0.4, 0.5) is 5.69 Å². The maximum Gasteiger partial charge on any atom is 0.251 e. The average molecular weight is 310 g/mol. The summed E-state index contributed by atoms with van der Waals surface area (Å²) in [5.74, 6) is -0.280. The summed E-state index contributed by atoms with van der Waals surface area (Å²) in [5.41, 5.74) is 7.94. The Bertz CT molecular complexity index is 636. The Morgan fingerprint density at radius 2 is 1.95 bits per heavy atom. The number of halogens is 2. The summed E-state index contributed by atoms with van der Waals surface area (Å²) < 4.78 is 0. The van der Waals surface area contributed by atoms with Crippen molar-refractivity contribution in [3.05, 3.63) is 57.3 Å². The predicted octanol–water partition coefficient (Wildman–Crippen LogP) is 3.21. The third kappa shape index (κ3) is 3.40. The number of nitrogens with two attached hydrogens (primary N) is 1. The lowest BCUT2D eigenvalue weighted by atomic mass is 10.2. The molecule has 0 bridgehead atoms. The summed E-state index contributed by atoms with van der Waals surface area (Å²) >= 11 is 11.8. The summed E-state index contributed by atoms with van der Waals surface area (Å²) in [5, 5.41) is 3.28. The lowest BCUT2D eigenvalue weighted by molar-refractivity contribution is 0.0950. The fraction of sp³-hybridized carbons (Fsp3) is 0.143. The van der Waals surface area contributed by atoms with Crippen LogP contribution in [0.3, 0.4) is 0 Å². The molecule has 4 nitrogen and oxygen atoms in total. The van der Waals surface area contributed by atoms with Crippen molar-refractivity contribution in [2.24, 2.45) is 0 Å². The van der Waals surface area contributed by atoms with Gasteiger partial charge in [-0.3, -0.25) is 9.78 Å². The van der Waals surface area contributed by atoms with E-state index in [0.717, 1.165) is 11.4 Å². The molecule has 1 aromatic heterocycles.